The van der Waals surface area contributed by atoms with Crippen LogP contribution < -0.4 is 5.32 Å². The first-order valence-electron chi connectivity index (χ1n) is 8.76. The minimum atomic E-state index is -1.15. The number of thiazole rings is 1. The second-order valence-corrected chi connectivity index (χ2v) is 8.53. The van der Waals surface area contributed by atoms with Crippen molar-refractivity contribution >= 4 is 46.1 Å². The third kappa shape index (κ3) is 3.73. The molecule has 8 nitrogen and oxygen atoms in total. The molecule has 29 heavy (non-hydrogen) atoms. The van der Waals surface area contributed by atoms with Gasteiger partial charge in [-0.3, -0.25) is 9.59 Å². The maximum atomic E-state index is 12.7. The van der Waals surface area contributed by atoms with Crippen LogP contribution in [0.3, 0.4) is 0 Å². The summed E-state index contributed by atoms with van der Waals surface area (Å²) in [5.74, 6) is -1.98. The Morgan fingerprint density at radius 1 is 1.31 bits per heavy atom. The number of aromatic nitrogens is 1. The molecule has 150 valence electrons. The first kappa shape index (κ1) is 19.5. The maximum Gasteiger partial charge on any atom is 0.330 e. The summed E-state index contributed by atoms with van der Waals surface area (Å²) in [5, 5.41) is 14.6. The highest BCUT2D eigenvalue weighted by Gasteiger charge is 2.55. The number of hydrogen-bond acceptors (Lipinski definition) is 8. The third-order valence-electron chi connectivity index (χ3n) is 4.59. The van der Waals surface area contributed by atoms with Gasteiger partial charge >= 0.3 is 11.9 Å². The minimum absolute atomic E-state index is 0.152. The second kappa shape index (κ2) is 7.88. The van der Waals surface area contributed by atoms with E-state index in [1.54, 1.807) is 11.6 Å². The zero-order valence-corrected chi connectivity index (χ0v) is 16.9. The number of aliphatic carboxylic acids is 1. The number of amides is 1. The van der Waals surface area contributed by atoms with Crippen LogP contribution in [0.4, 0.5) is 5.13 Å². The lowest BCUT2D eigenvalue weighted by Gasteiger charge is -2.51. The molecule has 3 atom stereocenters. The van der Waals surface area contributed by atoms with E-state index in [1.165, 1.54) is 34.9 Å². The zero-order chi connectivity index (χ0) is 20.5. The monoisotopic (exact) mass is 431 g/mol. The Labute approximate surface area is 174 Å². The van der Waals surface area contributed by atoms with E-state index >= 15 is 0 Å². The molecule has 4 rings (SSSR count). The summed E-state index contributed by atoms with van der Waals surface area (Å²) in [7, 11) is 0. The fourth-order valence-corrected chi connectivity index (χ4v) is 5.29. The fourth-order valence-electron chi connectivity index (χ4n) is 3.22. The molecule has 10 heteroatoms. The number of β-lactam (4-membered cyclic amide) rings is 1. The quantitative estimate of drug-likeness (QED) is 0.530. The predicted octanol–water partition coefficient (Wildman–Crippen LogP) is 2.41. The molecule has 0 saturated carbocycles. The topological polar surface area (TPSA) is 109 Å². The van der Waals surface area contributed by atoms with Gasteiger partial charge in [0, 0.05) is 18.7 Å². The molecular weight excluding hydrogens is 414 g/mol. The average Bonchev–Trinajstić information content (AvgIpc) is 3.19. The number of ether oxygens (including phenoxy) is 1. The SMILES string of the molecule is CC(=O)OCC1=CSC2C(Nc3ncc(-c4ccccc4)s3)C(=O)N2[C@H]1C(=O)O. The van der Waals surface area contributed by atoms with Crippen molar-refractivity contribution in [2.24, 2.45) is 0 Å². The smallest absolute Gasteiger partial charge is 0.330 e. The van der Waals surface area contributed by atoms with Gasteiger partial charge in [0.25, 0.3) is 0 Å². The van der Waals surface area contributed by atoms with Crippen molar-refractivity contribution in [1.82, 2.24) is 9.88 Å². The van der Waals surface area contributed by atoms with Crippen molar-refractivity contribution in [3.05, 3.63) is 47.5 Å². The van der Waals surface area contributed by atoms with Gasteiger partial charge in [-0.1, -0.05) is 41.7 Å². The predicted molar refractivity (Wildman–Crippen MR) is 109 cm³/mol. The molecule has 1 amide bonds. The Balaban J connectivity index is 1.48. The lowest BCUT2D eigenvalue weighted by Crippen LogP contribution is -2.71. The number of nitrogens with one attached hydrogen (secondary N) is 1. The van der Waals surface area contributed by atoms with Crippen LogP contribution in [-0.4, -0.2) is 56.9 Å². The van der Waals surface area contributed by atoms with Crippen LogP contribution in [0.2, 0.25) is 0 Å². The van der Waals surface area contributed by atoms with Crippen LogP contribution in [0.1, 0.15) is 6.92 Å². The van der Waals surface area contributed by atoms with E-state index in [2.05, 4.69) is 10.3 Å². The number of nitrogens with zero attached hydrogens (tertiary/aromatic N) is 2. The number of hydrogen-bond donors (Lipinski definition) is 2. The van der Waals surface area contributed by atoms with E-state index in [4.69, 9.17) is 4.74 Å². The van der Waals surface area contributed by atoms with Crippen LogP contribution in [0.15, 0.2) is 47.5 Å². The van der Waals surface area contributed by atoms with Crippen molar-refractivity contribution in [2.75, 3.05) is 11.9 Å². The Morgan fingerprint density at radius 3 is 2.76 bits per heavy atom. The van der Waals surface area contributed by atoms with Gasteiger partial charge in [-0.15, -0.1) is 11.8 Å². The van der Waals surface area contributed by atoms with Crippen LogP contribution in [0, 0.1) is 0 Å². The Kier molecular flexibility index (Phi) is 5.29. The molecule has 2 aliphatic rings. The zero-order valence-electron chi connectivity index (χ0n) is 15.3. The molecule has 0 aliphatic carbocycles. The van der Waals surface area contributed by atoms with E-state index in [1.807, 2.05) is 30.3 Å². The molecule has 2 aromatic rings. The number of carbonyl (C=O) groups excluding carboxylic acids is 2. The number of carbonyl (C=O) groups is 3. The summed E-state index contributed by atoms with van der Waals surface area (Å²) >= 11 is 2.76. The Bertz CT molecular complexity index is 991. The number of thioether (sulfide) groups is 1. The Morgan fingerprint density at radius 2 is 2.07 bits per heavy atom. The standard InChI is InChI=1S/C19H17N3O5S2/c1-10(23)27-8-12-9-28-17-14(16(24)22(17)15(12)18(25)26)21-19-20-7-13(29-19)11-5-3-2-4-6-11/h2-7,9,14-15,17H,8H2,1H3,(H,20,21)(H,25,26)/t14?,15-,17?/m1/s1. The molecule has 2 N–H and O–H groups in total. The van der Waals surface area contributed by atoms with Gasteiger partial charge in [0.15, 0.2) is 11.2 Å². The number of fused-ring (bicyclic) bond motifs is 1. The average molecular weight is 431 g/mol. The normalized spacial score (nSPS) is 22.9. The van der Waals surface area contributed by atoms with Crippen molar-refractivity contribution < 1.29 is 24.2 Å². The maximum absolute atomic E-state index is 12.7. The van der Waals surface area contributed by atoms with Crippen LogP contribution in [0.5, 0.6) is 0 Å². The van der Waals surface area contributed by atoms with E-state index < -0.39 is 24.0 Å². The molecular formula is C19H17N3O5S2. The molecule has 1 aromatic heterocycles. The molecule has 2 unspecified atom stereocenters. The molecule has 2 aliphatic heterocycles. The lowest BCUT2D eigenvalue weighted by molar-refractivity contribution is -0.157. The van der Waals surface area contributed by atoms with Gasteiger partial charge in [-0.2, -0.15) is 0 Å². The van der Waals surface area contributed by atoms with Crippen molar-refractivity contribution in [3.8, 4) is 10.4 Å². The number of benzene rings is 1. The first-order chi connectivity index (χ1) is 14.0. The van der Waals surface area contributed by atoms with Gasteiger partial charge in [0.2, 0.25) is 5.91 Å². The van der Waals surface area contributed by atoms with Crippen LogP contribution >= 0.6 is 23.1 Å². The Hall–Kier alpha value is -2.85. The summed E-state index contributed by atoms with van der Waals surface area (Å²) in [6.07, 6.45) is 1.74. The highest BCUT2D eigenvalue weighted by Crippen LogP contribution is 2.42. The highest BCUT2D eigenvalue weighted by molar-refractivity contribution is 8.03. The number of esters is 1. The van der Waals surface area contributed by atoms with Crippen molar-refractivity contribution in [3.63, 3.8) is 0 Å². The lowest BCUT2D eigenvalue weighted by atomic mass is 9.98. The number of carboxylic acid groups (broad SMARTS) is 1. The van der Waals surface area contributed by atoms with Gasteiger partial charge in [-0.25, -0.2) is 9.78 Å². The van der Waals surface area contributed by atoms with Crippen molar-refractivity contribution in [2.45, 2.75) is 24.4 Å². The molecule has 1 saturated heterocycles. The van der Waals surface area contributed by atoms with Gasteiger partial charge < -0.3 is 20.1 Å². The summed E-state index contributed by atoms with van der Waals surface area (Å²) in [6.45, 7) is 1.10. The molecule has 0 bridgehead atoms. The van der Waals surface area contributed by atoms with Crippen molar-refractivity contribution in [1.29, 1.82) is 0 Å². The van der Waals surface area contributed by atoms with Gasteiger partial charge in [-0.05, 0) is 11.0 Å². The summed E-state index contributed by atoms with van der Waals surface area (Å²) in [5.41, 5.74) is 1.41. The highest BCUT2D eigenvalue weighted by atomic mass is 32.2. The minimum Gasteiger partial charge on any atom is -0.479 e. The molecule has 0 radical (unpaired) electrons. The summed E-state index contributed by atoms with van der Waals surface area (Å²) < 4.78 is 4.93. The number of rotatable bonds is 6. The molecule has 1 aromatic carbocycles. The van der Waals surface area contributed by atoms with Crippen LogP contribution in [0.25, 0.3) is 10.4 Å². The second-order valence-electron chi connectivity index (χ2n) is 6.50. The first-order valence-corrected chi connectivity index (χ1v) is 10.5. The number of carboxylic acids is 1. The van der Waals surface area contributed by atoms with E-state index in [-0.39, 0.29) is 17.9 Å². The largest absolute Gasteiger partial charge is 0.479 e. The third-order valence-corrected chi connectivity index (χ3v) is 6.78. The fraction of sp³-hybridized carbons (Fsp3) is 0.263. The summed E-state index contributed by atoms with van der Waals surface area (Å²) in [4.78, 5) is 42.1. The van der Waals surface area contributed by atoms with E-state index in [0.717, 1.165) is 10.4 Å². The van der Waals surface area contributed by atoms with Crippen LogP contribution in [-0.2, 0) is 19.1 Å². The molecule has 0 spiro atoms. The van der Waals surface area contributed by atoms with E-state index in [9.17, 15) is 19.5 Å². The molecule has 1 fully saturated rings. The number of anilines is 1. The van der Waals surface area contributed by atoms with Gasteiger partial charge in [0.1, 0.15) is 18.0 Å². The van der Waals surface area contributed by atoms with Gasteiger partial charge in [0.05, 0.1) is 4.88 Å². The molecule has 3 heterocycles. The van der Waals surface area contributed by atoms with E-state index in [0.29, 0.717) is 10.7 Å². The summed E-state index contributed by atoms with van der Waals surface area (Å²) in [6, 6.07) is 8.09.